The van der Waals surface area contributed by atoms with E-state index in [2.05, 4.69) is 169 Å². The Hall–Kier alpha value is -6.45. The third-order valence-electron chi connectivity index (χ3n) is 9.89. The van der Waals surface area contributed by atoms with Crippen molar-refractivity contribution in [3.63, 3.8) is 0 Å². The van der Waals surface area contributed by atoms with E-state index in [0.717, 1.165) is 66.5 Å². The van der Waals surface area contributed by atoms with Gasteiger partial charge in [-0.05, 0) is 56.4 Å². The van der Waals surface area contributed by atoms with Gasteiger partial charge in [0.05, 0.1) is 5.71 Å². The van der Waals surface area contributed by atoms with E-state index in [4.69, 9.17) is 9.41 Å². The van der Waals surface area contributed by atoms with Gasteiger partial charge in [-0.2, -0.15) is 0 Å². The first-order valence-electron chi connectivity index (χ1n) is 16.7. The molecule has 2 heterocycles. The molecule has 1 aliphatic heterocycles. The monoisotopic (exact) mass is 626 g/mol. The molecule has 0 radical (unpaired) electrons. The van der Waals surface area contributed by atoms with Crippen LogP contribution in [0.1, 0.15) is 22.9 Å². The lowest BCUT2D eigenvalue weighted by atomic mass is 9.93. The van der Waals surface area contributed by atoms with Crippen molar-refractivity contribution in [2.45, 2.75) is 6.17 Å². The molecule has 8 aromatic carbocycles. The Labute approximate surface area is 283 Å². The molecular formula is C46H30N2O. The summed E-state index contributed by atoms with van der Waals surface area (Å²) in [5.41, 5.74) is 11.7. The summed E-state index contributed by atoms with van der Waals surface area (Å²) in [4.78, 5) is 5.40. The molecule has 49 heavy (non-hydrogen) atoms. The lowest BCUT2D eigenvalue weighted by molar-refractivity contribution is 0.670. The van der Waals surface area contributed by atoms with Crippen LogP contribution in [0.4, 0.5) is 5.69 Å². The highest BCUT2D eigenvalue weighted by molar-refractivity contribution is 6.18. The standard InChI is InChI=1S/C46H30N2O/c1-2-12-32(13-3-1)44-38-18-8-9-20-41(38)47-46(48-44)39-26-25-37(45-43(39)40-27-33-14-4-5-15-34(33)28-42(40)49-45)31-23-21-30(22-24-31)36-19-10-16-29-11-6-7-17-35(29)36/h1-28,46-47H. The summed E-state index contributed by atoms with van der Waals surface area (Å²) in [7, 11) is 0. The van der Waals surface area contributed by atoms with E-state index >= 15 is 0 Å². The molecule has 1 aliphatic rings. The van der Waals surface area contributed by atoms with E-state index in [1.165, 1.54) is 27.3 Å². The molecule has 1 unspecified atom stereocenters. The molecule has 0 fully saturated rings. The van der Waals surface area contributed by atoms with E-state index in [-0.39, 0.29) is 6.17 Å². The van der Waals surface area contributed by atoms with Gasteiger partial charge in [0.2, 0.25) is 0 Å². The number of furan rings is 1. The fourth-order valence-corrected chi connectivity index (χ4v) is 7.52. The predicted molar refractivity (Wildman–Crippen MR) is 204 cm³/mol. The lowest BCUT2D eigenvalue weighted by Crippen LogP contribution is -2.20. The molecule has 1 atom stereocenters. The Morgan fingerprint density at radius 2 is 1.12 bits per heavy atom. The topological polar surface area (TPSA) is 37.5 Å². The summed E-state index contributed by atoms with van der Waals surface area (Å²) in [6.45, 7) is 0. The summed E-state index contributed by atoms with van der Waals surface area (Å²) >= 11 is 0. The number of fused-ring (bicyclic) bond motifs is 6. The number of para-hydroxylation sites is 1. The number of benzene rings is 8. The van der Waals surface area contributed by atoms with Crippen LogP contribution in [-0.4, -0.2) is 5.71 Å². The quantitative estimate of drug-likeness (QED) is 0.211. The normalized spacial score (nSPS) is 14.2. The zero-order chi connectivity index (χ0) is 32.3. The first kappa shape index (κ1) is 27.6. The van der Waals surface area contributed by atoms with Crippen molar-refractivity contribution in [2.75, 3.05) is 5.32 Å². The van der Waals surface area contributed by atoms with Crippen molar-refractivity contribution in [3.8, 4) is 22.3 Å². The molecule has 0 saturated carbocycles. The molecule has 3 nitrogen and oxygen atoms in total. The summed E-state index contributed by atoms with van der Waals surface area (Å²) in [5, 5.41) is 10.8. The highest BCUT2D eigenvalue weighted by Gasteiger charge is 2.26. The highest BCUT2D eigenvalue weighted by atomic mass is 16.3. The number of nitrogens with one attached hydrogen (secondary N) is 1. The Kier molecular flexibility index (Phi) is 6.25. The van der Waals surface area contributed by atoms with Crippen molar-refractivity contribution >= 4 is 54.9 Å². The fourth-order valence-electron chi connectivity index (χ4n) is 7.52. The van der Waals surface area contributed by atoms with Crippen LogP contribution in [0.5, 0.6) is 0 Å². The minimum Gasteiger partial charge on any atom is -0.455 e. The van der Waals surface area contributed by atoms with Crippen molar-refractivity contribution in [3.05, 3.63) is 187 Å². The number of rotatable bonds is 4. The van der Waals surface area contributed by atoms with Crippen LogP contribution in [-0.2, 0) is 0 Å². The number of nitrogens with zero attached hydrogens (tertiary/aromatic N) is 1. The zero-order valence-electron chi connectivity index (χ0n) is 26.6. The smallest absolute Gasteiger partial charge is 0.146 e. The number of hydrogen-bond acceptors (Lipinski definition) is 3. The number of aliphatic imine (C=N–C) groups is 1. The SMILES string of the molecule is c1ccc(C2=NC(c3ccc(-c4ccc(-c5cccc6ccccc56)cc4)c4oc5cc6ccccc6cc5c34)Nc3ccccc32)cc1. The molecular weight excluding hydrogens is 597 g/mol. The Balaban J connectivity index is 1.17. The van der Waals surface area contributed by atoms with Crippen molar-refractivity contribution in [2.24, 2.45) is 4.99 Å². The first-order valence-corrected chi connectivity index (χ1v) is 16.7. The summed E-state index contributed by atoms with van der Waals surface area (Å²) in [6.07, 6.45) is -0.303. The van der Waals surface area contributed by atoms with Crippen molar-refractivity contribution in [1.29, 1.82) is 0 Å². The van der Waals surface area contributed by atoms with Crippen LogP contribution in [0.25, 0.3) is 65.7 Å². The molecule has 1 N–H and O–H groups in total. The molecule has 0 aliphatic carbocycles. The Morgan fingerprint density at radius 1 is 0.469 bits per heavy atom. The third kappa shape index (κ3) is 4.55. The Morgan fingerprint density at radius 3 is 1.96 bits per heavy atom. The van der Waals surface area contributed by atoms with Crippen LogP contribution in [0, 0.1) is 0 Å². The predicted octanol–water partition coefficient (Wildman–Crippen LogP) is 12.2. The maximum atomic E-state index is 6.85. The third-order valence-corrected chi connectivity index (χ3v) is 9.89. The van der Waals surface area contributed by atoms with E-state index in [1.807, 2.05) is 6.07 Å². The summed E-state index contributed by atoms with van der Waals surface area (Å²) in [5.74, 6) is 0. The molecule has 9 aromatic rings. The number of anilines is 1. The average Bonchev–Trinajstić information content (AvgIpc) is 3.54. The van der Waals surface area contributed by atoms with Crippen LogP contribution in [0.15, 0.2) is 179 Å². The second-order valence-corrected chi connectivity index (χ2v) is 12.7. The van der Waals surface area contributed by atoms with Gasteiger partial charge in [0, 0.05) is 38.7 Å². The van der Waals surface area contributed by atoms with Gasteiger partial charge in [-0.25, -0.2) is 0 Å². The second-order valence-electron chi connectivity index (χ2n) is 12.7. The minimum absolute atomic E-state index is 0.303. The summed E-state index contributed by atoms with van der Waals surface area (Å²) < 4.78 is 6.85. The Bertz CT molecular complexity index is 2730. The van der Waals surface area contributed by atoms with Gasteiger partial charge in [0.25, 0.3) is 0 Å². The van der Waals surface area contributed by atoms with Crippen LogP contribution >= 0.6 is 0 Å². The van der Waals surface area contributed by atoms with Gasteiger partial charge in [-0.15, -0.1) is 0 Å². The molecule has 230 valence electrons. The van der Waals surface area contributed by atoms with E-state index in [1.54, 1.807) is 0 Å². The molecule has 1 aromatic heterocycles. The van der Waals surface area contributed by atoms with Crippen LogP contribution < -0.4 is 5.32 Å². The van der Waals surface area contributed by atoms with Gasteiger partial charge in [-0.1, -0.05) is 152 Å². The van der Waals surface area contributed by atoms with Gasteiger partial charge in [-0.3, -0.25) is 4.99 Å². The van der Waals surface area contributed by atoms with Crippen molar-refractivity contribution in [1.82, 2.24) is 0 Å². The maximum absolute atomic E-state index is 6.85. The van der Waals surface area contributed by atoms with Gasteiger partial charge < -0.3 is 9.73 Å². The number of hydrogen-bond donors (Lipinski definition) is 1. The molecule has 0 bridgehead atoms. The minimum atomic E-state index is -0.303. The molecule has 10 rings (SSSR count). The molecule has 0 saturated heterocycles. The van der Waals surface area contributed by atoms with Gasteiger partial charge in [0.15, 0.2) is 0 Å². The van der Waals surface area contributed by atoms with Gasteiger partial charge >= 0.3 is 0 Å². The molecule has 0 amide bonds. The van der Waals surface area contributed by atoms with Crippen LogP contribution in [0.3, 0.4) is 0 Å². The summed E-state index contributed by atoms with van der Waals surface area (Å²) in [6, 6.07) is 60.2. The second kappa shape index (κ2) is 11.1. The molecule has 0 spiro atoms. The van der Waals surface area contributed by atoms with Crippen molar-refractivity contribution < 1.29 is 4.42 Å². The van der Waals surface area contributed by atoms with Gasteiger partial charge in [0.1, 0.15) is 17.3 Å². The first-order chi connectivity index (χ1) is 24.3. The lowest BCUT2D eigenvalue weighted by Gasteiger charge is -2.27. The average molecular weight is 627 g/mol. The zero-order valence-corrected chi connectivity index (χ0v) is 26.6. The fraction of sp³-hybridized carbons (Fsp3) is 0.0217. The van der Waals surface area contributed by atoms with Crippen LogP contribution in [0.2, 0.25) is 0 Å². The van der Waals surface area contributed by atoms with E-state index in [9.17, 15) is 0 Å². The van der Waals surface area contributed by atoms with E-state index in [0.29, 0.717) is 0 Å². The largest absolute Gasteiger partial charge is 0.455 e. The highest BCUT2D eigenvalue weighted by Crippen LogP contribution is 2.44. The van der Waals surface area contributed by atoms with E-state index < -0.39 is 0 Å². The maximum Gasteiger partial charge on any atom is 0.146 e. The molecule has 3 heteroatoms.